The molecule has 1 aliphatic rings. The van der Waals surface area contributed by atoms with Crippen molar-refractivity contribution in [3.63, 3.8) is 0 Å². The van der Waals surface area contributed by atoms with Gasteiger partial charge >= 0.3 is 0 Å². The summed E-state index contributed by atoms with van der Waals surface area (Å²) >= 11 is 16.2. The lowest BCUT2D eigenvalue weighted by Gasteiger charge is -2.23. The molecule has 0 radical (unpaired) electrons. The van der Waals surface area contributed by atoms with E-state index in [0.29, 0.717) is 10.0 Å². The number of halogens is 2. The molecule has 0 atom stereocenters. The quantitative estimate of drug-likeness (QED) is 0.289. The molecule has 1 aliphatic heterocycles. The van der Waals surface area contributed by atoms with Gasteiger partial charge in [-0.3, -0.25) is 0 Å². The van der Waals surface area contributed by atoms with Crippen molar-refractivity contribution >= 4 is 46.7 Å². The van der Waals surface area contributed by atoms with Crippen molar-refractivity contribution in [1.29, 1.82) is 0 Å². The summed E-state index contributed by atoms with van der Waals surface area (Å²) in [4.78, 5) is 4.87. The fourth-order valence-corrected chi connectivity index (χ4v) is 5.67. The van der Waals surface area contributed by atoms with Crippen molar-refractivity contribution in [2.24, 2.45) is 0 Å². The summed E-state index contributed by atoms with van der Waals surface area (Å²) in [6.07, 6.45) is 0. The molecule has 0 aromatic heterocycles. The Labute approximate surface area is 167 Å². The first-order chi connectivity index (χ1) is 12.0. The van der Waals surface area contributed by atoms with Gasteiger partial charge in [0.25, 0.3) is 0 Å². The van der Waals surface area contributed by atoms with Gasteiger partial charge in [0.2, 0.25) is 0 Å². The summed E-state index contributed by atoms with van der Waals surface area (Å²) in [5.41, 5.74) is 3.63. The van der Waals surface area contributed by atoms with Crippen LogP contribution in [0.1, 0.15) is 16.7 Å². The number of rotatable bonds is 0. The average Bonchev–Trinajstić information content (AvgIpc) is 2.64. The number of hydrogen-bond donors (Lipinski definition) is 0. The van der Waals surface area contributed by atoms with Gasteiger partial charge in [0, 0.05) is 19.6 Å². The minimum atomic E-state index is 0.681. The van der Waals surface area contributed by atoms with Crippen molar-refractivity contribution in [3.8, 4) is 0 Å². The molecule has 0 bridgehead atoms. The molecule has 0 fully saturated rings. The van der Waals surface area contributed by atoms with Crippen molar-refractivity contribution in [3.05, 3.63) is 81.3 Å². The topological polar surface area (TPSA) is 0 Å². The molecule has 0 nitrogen and oxygen atoms in total. The molecule has 4 heteroatoms. The summed E-state index contributed by atoms with van der Waals surface area (Å²) in [7, 11) is 0. The van der Waals surface area contributed by atoms with E-state index in [1.54, 1.807) is 23.5 Å². The molecule has 25 heavy (non-hydrogen) atoms. The van der Waals surface area contributed by atoms with Crippen LogP contribution < -0.4 is 0 Å². The largest absolute Gasteiger partial charge is 0.0874 e. The Morgan fingerprint density at radius 2 is 1.12 bits per heavy atom. The Bertz CT molecular complexity index is 850. The van der Waals surface area contributed by atoms with Crippen LogP contribution in [0.2, 0.25) is 10.0 Å². The highest BCUT2D eigenvalue weighted by Crippen LogP contribution is 2.54. The second-order valence-corrected chi connectivity index (χ2v) is 8.70. The first-order valence-corrected chi connectivity index (χ1v) is 10.3. The first kappa shape index (κ1) is 18.7. The smallest absolute Gasteiger partial charge is 0.0746 e. The summed E-state index contributed by atoms with van der Waals surface area (Å²) in [6, 6.07) is 18.6. The minimum absolute atomic E-state index is 0.681. The van der Waals surface area contributed by atoms with Crippen molar-refractivity contribution < 1.29 is 0 Å². The van der Waals surface area contributed by atoms with Gasteiger partial charge in [-0.1, -0.05) is 94.8 Å². The summed E-state index contributed by atoms with van der Waals surface area (Å²) < 4.78 is 0. The van der Waals surface area contributed by atoms with Gasteiger partial charge in [0.15, 0.2) is 0 Å². The molecule has 3 aromatic rings. The lowest BCUT2D eigenvalue weighted by Crippen LogP contribution is -1.96. The minimum Gasteiger partial charge on any atom is -0.0874 e. The van der Waals surface area contributed by atoms with Gasteiger partial charge in [-0.2, -0.15) is 0 Å². The average molecular weight is 405 g/mol. The standard InChI is InChI=1S/C14H10Cl2S2.C7H8/c1-7-8(2)13-14(12(16)11(7)15)18-10-6-4-3-5-9(10)17-13;1-7-5-3-2-4-6-7/h3-6H,1-2H3;2-6H,1H3. The molecule has 0 saturated carbocycles. The van der Waals surface area contributed by atoms with Crippen LogP contribution in [0.5, 0.6) is 0 Å². The third kappa shape index (κ3) is 4.03. The predicted molar refractivity (Wildman–Crippen MR) is 112 cm³/mol. The van der Waals surface area contributed by atoms with E-state index in [9.17, 15) is 0 Å². The zero-order chi connectivity index (χ0) is 18.0. The second kappa shape index (κ2) is 8.09. The van der Waals surface area contributed by atoms with Gasteiger partial charge in [0.05, 0.1) is 10.0 Å². The number of benzene rings is 3. The van der Waals surface area contributed by atoms with E-state index in [1.807, 2.05) is 31.2 Å². The third-order valence-electron chi connectivity index (χ3n) is 4.04. The van der Waals surface area contributed by atoms with Crippen molar-refractivity contribution in [2.45, 2.75) is 40.4 Å². The van der Waals surface area contributed by atoms with Crippen LogP contribution in [-0.4, -0.2) is 0 Å². The molecule has 4 rings (SSSR count). The van der Waals surface area contributed by atoms with Crippen LogP contribution >= 0.6 is 46.7 Å². The summed E-state index contributed by atoms with van der Waals surface area (Å²) in [5, 5.41) is 1.36. The highest BCUT2D eigenvalue weighted by molar-refractivity contribution is 8.05. The normalized spacial score (nSPS) is 11.9. The van der Waals surface area contributed by atoms with Crippen molar-refractivity contribution in [2.75, 3.05) is 0 Å². The van der Waals surface area contributed by atoms with Crippen molar-refractivity contribution in [1.82, 2.24) is 0 Å². The first-order valence-electron chi connectivity index (χ1n) is 7.93. The monoisotopic (exact) mass is 404 g/mol. The zero-order valence-electron chi connectivity index (χ0n) is 14.3. The van der Waals surface area contributed by atoms with E-state index in [2.05, 4.69) is 44.2 Å². The molecular weight excluding hydrogens is 387 g/mol. The molecule has 128 valence electrons. The highest BCUT2D eigenvalue weighted by atomic mass is 35.5. The number of hydrogen-bond acceptors (Lipinski definition) is 2. The maximum atomic E-state index is 6.39. The molecule has 3 aromatic carbocycles. The van der Waals surface area contributed by atoms with Gasteiger partial charge in [-0.15, -0.1) is 0 Å². The van der Waals surface area contributed by atoms with Crippen LogP contribution in [0.25, 0.3) is 0 Å². The van der Waals surface area contributed by atoms with Gasteiger partial charge in [-0.05, 0) is 44.0 Å². The van der Waals surface area contributed by atoms with E-state index in [1.165, 1.54) is 25.8 Å². The lowest BCUT2D eigenvalue weighted by atomic mass is 10.1. The van der Waals surface area contributed by atoms with Crippen LogP contribution in [0, 0.1) is 20.8 Å². The maximum absolute atomic E-state index is 6.39. The molecule has 0 amide bonds. The number of fused-ring (bicyclic) bond motifs is 2. The van der Waals surface area contributed by atoms with Crippen LogP contribution in [0.15, 0.2) is 74.2 Å². The van der Waals surface area contributed by atoms with Crippen LogP contribution in [0.4, 0.5) is 0 Å². The summed E-state index contributed by atoms with van der Waals surface area (Å²) in [6.45, 7) is 6.22. The maximum Gasteiger partial charge on any atom is 0.0746 e. The molecule has 0 saturated heterocycles. The molecule has 0 unspecified atom stereocenters. The fraction of sp³-hybridized carbons (Fsp3) is 0.143. The van der Waals surface area contributed by atoms with Gasteiger partial charge in [-0.25, -0.2) is 0 Å². The predicted octanol–water partition coefficient (Wildman–Crippen LogP) is 8.22. The Hall–Kier alpha value is -1.06. The SMILES string of the molecule is Cc1c(C)c2c(c(Cl)c1Cl)Sc1ccccc1S2.Cc1ccccc1. The third-order valence-corrected chi connectivity index (χ3v) is 7.84. The van der Waals surface area contributed by atoms with E-state index < -0.39 is 0 Å². The zero-order valence-corrected chi connectivity index (χ0v) is 17.4. The molecule has 0 N–H and O–H groups in total. The lowest BCUT2D eigenvalue weighted by molar-refractivity contribution is 1.09. The van der Waals surface area contributed by atoms with Crippen LogP contribution in [-0.2, 0) is 0 Å². The molecular formula is C21H18Cl2S2. The molecule has 0 spiro atoms. The Morgan fingerprint density at radius 1 is 0.600 bits per heavy atom. The van der Waals surface area contributed by atoms with E-state index >= 15 is 0 Å². The van der Waals surface area contributed by atoms with Gasteiger partial charge in [0.1, 0.15) is 0 Å². The highest BCUT2D eigenvalue weighted by Gasteiger charge is 2.24. The number of aryl methyl sites for hydroxylation is 1. The summed E-state index contributed by atoms with van der Waals surface area (Å²) in [5.74, 6) is 0. The Balaban J connectivity index is 0.000000219. The van der Waals surface area contributed by atoms with Gasteiger partial charge < -0.3 is 0 Å². The van der Waals surface area contributed by atoms with E-state index in [0.717, 1.165) is 10.5 Å². The Morgan fingerprint density at radius 3 is 1.64 bits per heavy atom. The van der Waals surface area contributed by atoms with E-state index in [-0.39, 0.29) is 0 Å². The molecule has 0 aliphatic carbocycles. The fourth-order valence-electron chi connectivity index (χ4n) is 2.46. The van der Waals surface area contributed by atoms with Crippen LogP contribution in [0.3, 0.4) is 0 Å². The Kier molecular flexibility index (Phi) is 6.06. The second-order valence-electron chi connectivity index (χ2n) is 5.84. The van der Waals surface area contributed by atoms with E-state index in [4.69, 9.17) is 23.2 Å². The molecule has 1 heterocycles.